The highest BCUT2D eigenvalue weighted by Gasteiger charge is 2.48. The summed E-state index contributed by atoms with van der Waals surface area (Å²) >= 11 is 0. The fourth-order valence-corrected chi connectivity index (χ4v) is 3.92. The van der Waals surface area contributed by atoms with Crippen molar-refractivity contribution in [1.82, 2.24) is 14.8 Å². The summed E-state index contributed by atoms with van der Waals surface area (Å²) < 4.78 is 2.05. The quantitative estimate of drug-likeness (QED) is 0.886. The SMILES string of the molecule is CC(C)Cn1ncnc1CC1(N)CC2CCC1C2. The van der Waals surface area contributed by atoms with E-state index in [2.05, 4.69) is 23.9 Å². The number of nitrogens with two attached hydrogens (primary N) is 1. The van der Waals surface area contributed by atoms with Crippen molar-refractivity contribution in [3.05, 3.63) is 12.2 Å². The van der Waals surface area contributed by atoms with E-state index in [1.807, 2.05) is 4.68 Å². The van der Waals surface area contributed by atoms with Crippen LogP contribution in [0.25, 0.3) is 0 Å². The van der Waals surface area contributed by atoms with E-state index in [0.29, 0.717) is 11.8 Å². The number of nitrogens with zero attached hydrogens (tertiary/aromatic N) is 3. The number of fused-ring (bicyclic) bond motifs is 2. The van der Waals surface area contributed by atoms with Crippen molar-refractivity contribution in [3.8, 4) is 0 Å². The maximum atomic E-state index is 6.65. The molecule has 0 radical (unpaired) electrons. The van der Waals surface area contributed by atoms with Crippen molar-refractivity contribution in [2.45, 2.75) is 58.0 Å². The molecule has 3 atom stereocenters. The van der Waals surface area contributed by atoms with Gasteiger partial charge >= 0.3 is 0 Å². The van der Waals surface area contributed by atoms with Crippen LogP contribution in [0.4, 0.5) is 0 Å². The van der Waals surface area contributed by atoms with Crippen molar-refractivity contribution < 1.29 is 0 Å². The van der Waals surface area contributed by atoms with Crippen molar-refractivity contribution >= 4 is 0 Å². The highest BCUT2D eigenvalue weighted by molar-refractivity contribution is 5.09. The zero-order chi connectivity index (χ0) is 12.8. The van der Waals surface area contributed by atoms with E-state index in [9.17, 15) is 0 Å². The summed E-state index contributed by atoms with van der Waals surface area (Å²) in [6.07, 6.45) is 7.82. The summed E-state index contributed by atoms with van der Waals surface area (Å²) in [4.78, 5) is 4.43. The van der Waals surface area contributed by atoms with Gasteiger partial charge in [0.2, 0.25) is 0 Å². The molecule has 1 aromatic heterocycles. The Balaban J connectivity index is 1.75. The number of aromatic nitrogens is 3. The molecule has 0 spiro atoms. The molecule has 2 aliphatic carbocycles. The molecule has 4 heteroatoms. The molecule has 3 rings (SSSR count). The molecule has 1 aromatic rings. The smallest absolute Gasteiger partial charge is 0.138 e. The van der Waals surface area contributed by atoms with E-state index in [1.165, 1.54) is 25.7 Å². The van der Waals surface area contributed by atoms with Gasteiger partial charge in [0.25, 0.3) is 0 Å². The molecule has 1 heterocycles. The van der Waals surface area contributed by atoms with Crippen molar-refractivity contribution in [2.24, 2.45) is 23.5 Å². The minimum Gasteiger partial charge on any atom is -0.324 e. The maximum absolute atomic E-state index is 6.65. The first kappa shape index (κ1) is 12.2. The molecule has 2 saturated carbocycles. The Morgan fingerprint density at radius 2 is 2.33 bits per heavy atom. The molecule has 0 amide bonds. The zero-order valence-corrected chi connectivity index (χ0v) is 11.5. The molecule has 100 valence electrons. The van der Waals surface area contributed by atoms with Crippen molar-refractivity contribution in [3.63, 3.8) is 0 Å². The molecule has 0 aromatic carbocycles. The highest BCUT2D eigenvalue weighted by atomic mass is 15.3. The first-order valence-electron chi connectivity index (χ1n) is 7.22. The van der Waals surface area contributed by atoms with E-state index in [0.717, 1.165) is 24.7 Å². The Kier molecular flexibility index (Phi) is 2.93. The first-order valence-corrected chi connectivity index (χ1v) is 7.22. The van der Waals surface area contributed by atoms with Gasteiger partial charge in [0.1, 0.15) is 12.2 Å². The van der Waals surface area contributed by atoms with Crippen LogP contribution in [0.1, 0.15) is 45.4 Å². The summed E-state index contributed by atoms with van der Waals surface area (Å²) in [6.45, 7) is 5.36. The van der Waals surface area contributed by atoms with Gasteiger partial charge in [-0.15, -0.1) is 0 Å². The van der Waals surface area contributed by atoms with Crippen LogP contribution in [-0.2, 0) is 13.0 Å². The van der Waals surface area contributed by atoms with Gasteiger partial charge in [-0.2, -0.15) is 5.10 Å². The van der Waals surface area contributed by atoms with E-state index in [1.54, 1.807) is 6.33 Å². The van der Waals surface area contributed by atoms with Crippen LogP contribution in [0.15, 0.2) is 6.33 Å². The molecular formula is C14H24N4. The monoisotopic (exact) mass is 248 g/mol. The van der Waals surface area contributed by atoms with Crippen LogP contribution in [0.3, 0.4) is 0 Å². The molecular weight excluding hydrogens is 224 g/mol. The van der Waals surface area contributed by atoms with Crippen LogP contribution in [0.2, 0.25) is 0 Å². The van der Waals surface area contributed by atoms with Gasteiger partial charge in [-0.1, -0.05) is 20.3 Å². The van der Waals surface area contributed by atoms with Crippen LogP contribution in [0.5, 0.6) is 0 Å². The number of hydrogen-bond donors (Lipinski definition) is 1. The molecule has 3 unspecified atom stereocenters. The predicted octanol–water partition coefficient (Wildman–Crippen LogP) is 1.99. The minimum absolute atomic E-state index is 0.00925. The largest absolute Gasteiger partial charge is 0.324 e. The minimum atomic E-state index is -0.00925. The Labute approximate surface area is 109 Å². The molecule has 2 fully saturated rings. The predicted molar refractivity (Wildman–Crippen MR) is 70.9 cm³/mol. The summed E-state index contributed by atoms with van der Waals surface area (Å²) in [5.74, 6) is 3.27. The Bertz CT molecular complexity index is 425. The second-order valence-electron chi connectivity index (χ2n) is 6.74. The lowest BCUT2D eigenvalue weighted by Crippen LogP contribution is -2.47. The van der Waals surface area contributed by atoms with Gasteiger partial charge in [0.05, 0.1) is 0 Å². The third kappa shape index (κ3) is 2.07. The topological polar surface area (TPSA) is 56.7 Å². The van der Waals surface area contributed by atoms with Crippen LogP contribution in [0, 0.1) is 17.8 Å². The van der Waals surface area contributed by atoms with E-state index in [-0.39, 0.29) is 5.54 Å². The molecule has 4 nitrogen and oxygen atoms in total. The summed E-state index contributed by atoms with van der Waals surface area (Å²) in [5, 5.41) is 4.34. The summed E-state index contributed by atoms with van der Waals surface area (Å²) in [5.41, 5.74) is 6.64. The van der Waals surface area contributed by atoms with Gasteiger partial charge in [-0.25, -0.2) is 9.67 Å². The third-order valence-electron chi connectivity index (χ3n) is 4.74. The van der Waals surface area contributed by atoms with Gasteiger partial charge < -0.3 is 5.73 Å². The number of rotatable bonds is 4. The Morgan fingerprint density at radius 3 is 2.94 bits per heavy atom. The van der Waals surface area contributed by atoms with E-state index < -0.39 is 0 Å². The van der Waals surface area contributed by atoms with Crippen LogP contribution < -0.4 is 5.73 Å². The standard InChI is InChI=1S/C14H24N4/c1-10(2)8-18-13(16-9-17-18)7-14(15)6-11-3-4-12(14)5-11/h9-12H,3-8,15H2,1-2H3. The van der Waals surface area contributed by atoms with Gasteiger partial charge in [-0.05, 0) is 37.0 Å². The second kappa shape index (κ2) is 4.34. The summed E-state index contributed by atoms with van der Waals surface area (Å²) in [6, 6.07) is 0. The number of hydrogen-bond acceptors (Lipinski definition) is 3. The Hall–Kier alpha value is -0.900. The van der Waals surface area contributed by atoms with Gasteiger partial charge in [-0.3, -0.25) is 0 Å². The van der Waals surface area contributed by atoms with Crippen molar-refractivity contribution in [2.75, 3.05) is 0 Å². The second-order valence-corrected chi connectivity index (χ2v) is 6.74. The highest BCUT2D eigenvalue weighted by Crippen LogP contribution is 2.50. The zero-order valence-electron chi connectivity index (χ0n) is 11.5. The lowest BCUT2D eigenvalue weighted by atomic mass is 9.79. The normalized spacial score (nSPS) is 34.7. The van der Waals surface area contributed by atoms with Crippen LogP contribution in [-0.4, -0.2) is 20.3 Å². The lowest BCUT2D eigenvalue weighted by Gasteiger charge is -2.33. The molecule has 0 saturated heterocycles. The molecule has 2 N–H and O–H groups in total. The van der Waals surface area contributed by atoms with E-state index >= 15 is 0 Å². The van der Waals surface area contributed by atoms with E-state index in [4.69, 9.17) is 5.73 Å². The summed E-state index contributed by atoms with van der Waals surface area (Å²) in [7, 11) is 0. The fourth-order valence-electron chi connectivity index (χ4n) is 3.92. The van der Waals surface area contributed by atoms with Crippen molar-refractivity contribution in [1.29, 1.82) is 0 Å². The Morgan fingerprint density at radius 1 is 1.50 bits per heavy atom. The van der Waals surface area contributed by atoms with Gasteiger partial charge in [0.15, 0.2) is 0 Å². The molecule has 2 aliphatic rings. The molecule has 0 aliphatic heterocycles. The molecule has 2 bridgehead atoms. The average molecular weight is 248 g/mol. The van der Waals surface area contributed by atoms with Gasteiger partial charge in [0, 0.05) is 18.5 Å². The van der Waals surface area contributed by atoms with Crippen LogP contribution >= 0.6 is 0 Å². The third-order valence-corrected chi connectivity index (χ3v) is 4.74. The average Bonchev–Trinajstić information content (AvgIpc) is 2.94. The fraction of sp³-hybridized carbons (Fsp3) is 0.857. The lowest BCUT2D eigenvalue weighted by molar-refractivity contribution is 0.260. The maximum Gasteiger partial charge on any atom is 0.138 e. The first-order chi connectivity index (χ1) is 8.57. The molecule has 18 heavy (non-hydrogen) atoms.